The quantitative estimate of drug-likeness (QED) is 0.181. The van der Waals surface area contributed by atoms with Crippen LogP contribution in [-0.2, 0) is 0 Å². The molecule has 0 unspecified atom stereocenters. The zero-order valence-corrected chi connectivity index (χ0v) is 20.3. The minimum Gasteiger partial charge on any atom is -0.0616 e. The SMILES string of the molecule is Brc1ccc2c3ccccc3c3ccccc3c3ccccc3c3ccccc3c2c1Br. The molecule has 0 radical (unpaired) electrons. The lowest BCUT2D eigenvalue weighted by molar-refractivity contribution is 1.69. The topological polar surface area (TPSA) is 0 Å². The third-order valence-electron chi connectivity index (χ3n) is 6.23. The summed E-state index contributed by atoms with van der Waals surface area (Å²) in [6, 6.07) is 39.3. The third-order valence-corrected chi connectivity index (χ3v) is 8.25. The molecule has 0 fully saturated rings. The molecule has 32 heavy (non-hydrogen) atoms. The Balaban J connectivity index is 2.15. The fourth-order valence-corrected chi connectivity index (χ4v) is 5.72. The van der Waals surface area contributed by atoms with Gasteiger partial charge in [0.25, 0.3) is 0 Å². The van der Waals surface area contributed by atoms with Crippen LogP contribution in [0.3, 0.4) is 0 Å². The second kappa shape index (κ2) is 7.88. The summed E-state index contributed by atoms with van der Waals surface area (Å²) in [5.41, 5.74) is 0. The summed E-state index contributed by atoms with van der Waals surface area (Å²) < 4.78 is 2.12. The van der Waals surface area contributed by atoms with Crippen LogP contribution in [0.1, 0.15) is 0 Å². The standard InChI is InChI=1S/C30H18Br2/c31-28-18-17-27-25-15-6-5-13-23(25)21-11-2-1-9-19(21)20-10-3-4-12-22(20)24-14-7-8-16-26(24)29(27)30(28)32/h1-18H. The van der Waals surface area contributed by atoms with Crippen LogP contribution in [0.25, 0.3) is 53.9 Å². The van der Waals surface area contributed by atoms with Crippen molar-refractivity contribution in [3.8, 4) is 0 Å². The van der Waals surface area contributed by atoms with Gasteiger partial charge in [-0.05, 0) is 86.4 Å². The van der Waals surface area contributed by atoms with E-state index in [9.17, 15) is 0 Å². The Kier molecular flexibility index (Phi) is 4.86. The van der Waals surface area contributed by atoms with E-state index in [1.807, 2.05) is 0 Å². The molecule has 0 N–H and O–H groups in total. The normalized spacial score (nSPS) is 11.4. The van der Waals surface area contributed by atoms with E-state index in [1.165, 1.54) is 53.9 Å². The maximum atomic E-state index is 3.92. The van der Waals surface area contributed by atoms with Crippen LogP contribution in [0.4, 0.5) is 0 Å². The fraction of sp³-hybridized carbons (Fsp3) is 0. The smallest absolute Gasteiger partial charge is 0.0402 e. The molecule has 0 nitrogen and oxygen atoms in total. The zero-order valence-electron chi connectivity index (χ0n) is 17.1. The summed E-state index contributed by atoms with van der Waals surface area (Å²) in [6.07, 6.45) is 0. The van der Waals surface area contributed by atoms with E-state index < -0.39 is 0 Å². The van der Waals surface area contributed by atoms with Gasteiger partial charge in [-0.25, -0.2) is 0 Å². The van der Waals surface area contributed by atoms with Crippen molar-refractivity contribution < 1.29 is 0 Å². The lowest BCUT2D eigenvalue weighted by Crippen LogP contribution is -1.83. The monoisotopic (exact) mass is 536 g/mol. The number of hydrogen-bond acceptors (Lipinski definition) is 0. The van der Waals surface area contributed by atoms with Gasteiger partial charge in [-0.3, -0.25) is 0 Å². The van der Waals surface area contributed by atoms with Crippen molar-refractivity contribution in [2.75, 3.05) is 0 Å². The molecule has 6 aromatic carbocycles. The van der Waals surface area contributed by atoms with Crippen molar-refractivity contribution in [3.05, 3.63) is 118 Å². The average molecular weight is 538 g/mol. The molecule has 0 aliphatic carbocycles. The minimum atomic E-state index is 1.05. The second-order valence-corrected chi connectivity index (χ2v) is 9.61. The zero-order chi connectivity index (χ0) is 21.7. The lowest BCUT2D eigenvalue weighted by atomic mass is 9.94. The summed E-state index contributed by atoms with van der Waals surface area (Å²) >= 11 is 7.67. The summed E-state index contributed by atoms with van der Waals surface area (Å²) in [4.78, 5) is 0. The van der Waals surface area contributed by atoms with Gasteiger partial charge in [0.1, 0.15) is 0 Å². The Labute approximate surface area is 203 Å². The van der Waals surface area contributed by atoms with Gasteiger partial charge in [-0.1, -0.05) is 103 Å². The molecule has 0 atom stereocenters. The molecule has 2 heteroatoms. The second-order valence-electron chi connectivity index (χ2n) is 7.97. The number of hydrogen-bond donors (Lipinski definition) is 0. The molecule has 6 aromatic rings. The molecular weight excluding hydrogens is 520 g/mol. The van der Waals surface area contributed by atoms with E-state index in [4.69, 9.17) is 0 Å². The highest BCUT2D eigenvalue weighted by molar-refractivity contribution is 9.13. The molecule has 0 bridgehead atoms. The first kappa shape index (κ1) is 19.7. The maximum Gasteiger partial charge on any atom is 0.0402 e. The fourth-order valence-electron chi connectivity index (χ4n) is 4.83. The van der Waals surface area contributed by atoms with Crippen LogP contribution >= 0.6 is 31.9 Å². The lowest BCUT2D eigenvalue weighted by Gasteiger charge is -2.11. The highest BCUT2D eigenvalue weighted by atomic mass is 79.9. The molecule has 0 spiro atoms. The van der Waals surface area contributed by atoms with Crippen LogP contribution < -0.4 is 0 Å². The highest BCUT2D eigenvalue weighted by Gasteiger charge is 2.11. The van der Waals surface area contributed by atoms with E-state index in [-0.39, 0.29) is 0 Å². The van der Waals surface area contributed by atoms with Crippen LogP contribution in [0.2, 0.25) is 0 Å². The van der Waals surface area contributed by atoms with Crippen LogP contribution in [0.15, 0.2) is 118 Å². The molecular formula is C30H18Br2. The minimum absolute atomic E-state index is 1.05. The Morgan fingerprint density at radius 3 is 0.969 bits per heavy atom. The first-order valence-corrected chi connectivity index (χ1v) is 12.2. The van der Waals surface area contributed by atoms with Gasteiger partial charge < -0.3 is 0 Å². The molecule has 0 aromatic heterocycles. The largest absolute Gasteiger partial charge is 0.0616 e. The van der Waals surface area contributed by atoms with Crippen molar-refractivity contribution in [1.29, 1.82) is 0 Å². The summed E-state index contributed by atoms with van der Waals surface area (Å²) in [5.74, 6) is 0. The van der Waals surface area contributed by atoms with Crippen LogP contribution in [0, 0.1) is 0 Å². The molecule has 0 heterocycles. The predicted octanol–water partition coefficient (Wildman–Crippen LogP) is 10.1. The molecule has 152 valence electrons. The summed E-state index contributed by atoms with van der Waals surface area (Å²) in [6.45, 7) is 0. The molecule has 0 aliphatic heterocycles. The van der Waals surface area contributed by atoms with E-state index in [1.54, 1.807) is 0 Å². The van der Waals surface area contributed by atoms with Gasteiger partial charge in [0.15, 0.2) is 0 Å². The Bertz CT molecular complexity index is 1670. The summed E-state index contributed by atoms with van der Waals surface area (Å²) in [7, 11) is 0. The van der Waals surface area contributed by atoms with Crippen molar-refractivity contribution >= 4 is 85.7 Å². The van der Waals surface area contributed by atoms with E-state index in [0.717, 1.165) is 8.95 Å². The molecule has 0 saturated carbocycles. The first-order valence-electron chi connectivity index (χ1n) is 10.6. The first-order chi connectivity index (χ1) is 15.7. The van der Waals surface area contributed by atoms with Crippen molar-refractivity contribution in [3.63, 3.8) is 0 Å². The average Bonchev–Trinajstić information content (AvgIpc) is 2.85. The Morgan fingerprint density at radius 1 is 0.312 bits per heavy atom. The van der Waals surface area contributed by atoms with Gasteiger partial charge in [0.2, 0.25) is 0 Å². The van der Waals surface area contributed by atoms with E-state index in [0.29, 0.717) is 0 Å². The van der Waals surface area contributed by atoms with Gasteiger partial charge in [0, 0.05) is 14.3 Å². The Morgan fingerprint density at radius 2 is 0.594 bits per heavy atom. The molecule has 0 amide bonds. The molecule has 0 aliphatic rings. The number of benzene rings is 5. The van der Waals surface area contributed by atoms with Gasteiger partial charge in [0.05, 0.1) is 0 Å². The van der Waals surface area contributed by atoms with Crippen molar-refractivity contribution in [2.24, 2.45) is 0 Å². The Hall–Kier alpha value is -2.94. The van der Waals surface area contributed by atoms with E-state index in [2.05, 4.69) is 141 Å². The van der Waals surface area contributed by atoms with Gasteiger partial charge in [-0.2, -0.15) is 0 Å². The van der Waals surface area contributed by atoms with Crippen LogP contribution in [0.5, 0.6) is 0 Å². The van der Waals surface area contributed by atoms with Gasteiger partial charge >= 0.3 is 0 Å². The van der Waals surface area contributed by atoms with Crippen molar-refractivity contribution in [1.82, 2.24) is 0 Å². The number of halogens is 2. The highest BCUT2D eigenvalue weighted by Crippen LogP contribution is 2.40. The third kappa shape index (κ3) is 3.02. The number of rotatable bonds is 0. The van der Waals surface area contributed by atoms with E-state index >= 15 is 0 Å². The van der Waals surface area contributed by atoms with Crippen LogP contribution in [-0.4, -0.2) is 0 Å². The predicted molar refractivity (Wildman–Crippen MR) is 147 cm³/mol. The van der Waals surface area contributed by atoms with Gasteiger partial charge in [-0.15, -0.1) is 0 Å². The number of fused-ring (bicyclic) bond motifs is 10. The maximum absolute atomic E-state index is 3.92. The molecule has 6 rings (SSSR count). The molecule has 0 saturated heterocycles. The summed E-state index contributed by atoms with van der Waals surface area (Å²) in [5, 5.41) is 12.4. The van der Waals surface area contributed by atoms with Crippen molar-refractivity contribution in [2.45, 2.75) is 0 Å².